The Hall–Kier alpha value is -1.31. The second-order valence-corrected chi connectivity index (χ2v) is 2.37. The van der Waals surface area contributed by atoms with Crippen LogP contribution in [-0.2, 0) is 0 Å². The van der Waals surface area contributed by atoms with E-state index >= 15 is 0 Å². The lowest BCUT2D eigenvalue weighted by atomic mass is 10.4. The number of hydrogen-bond acceptors (Lipinski definition) is 1. The standard InChI is InChI=1S/C8H7NO/c1-6(10)9-7-2-3-8(9)5-4-7/h2-5H,1H3. The molecule has 2 nitrogen and oxygen atoms in total. The Bertz CT molecular complexity index is 313. The highest BCUT2D eigenvalue weighted by Crippen LogP contribution is 2.15. The number of carbonyl (C=O) groups is 1. The van der Waals surface area contributed by atoms with Crippen molar-refractivity contribution in [3.63, 3.8) is 0 Å². The molecule has 0 aliphatic rings. The maximum Gasteiger partial charge on any atom is 0.228 e. The molecule has 0 spiro atoms. The van der Waals surface area contributed by atoms with E-state index < -0.39 is 0 Å². The Morgan fingerprint density at radius 3 is 1.80 bits per heavy atom. The number of rotatable bonds is 0. The number of benzene rings is 1. The monoisotopic (exact) mass is 133 g/mol. The minimum absolute atomic E-state index is 0.0833. The molecule has 2 aromatic heterocycles. The number of hydrogen-bond donors (Lipinski definition) is 0. The third-order valence-corrected chi connectivity index (χ3v) is 1.68. The molecule has 2 rings (SSSR count). The predicted octanol–water partition coefficient (Wildman–Crippen LogP) is 1.74. The normalized spacial score (nSPS) is 10.9. The van der Waals surface area contributed by atoms with Crippen molar-refractivity contribution in [1.82, 2.24) is 4.57 Å². The van der Waals surface area contributed by atoms with Crippen LogP contribution in [0.25, 0.3) is 11.0 Å². The maximum absolute atomic E-state index is 10.9. The summed E-state index contributed by atoms with van der Waals surface area (Å²) in [5.74, 6) is 0.0833. The average Bonchev–Trinajstić information content (AvgIpc) is 2.43. The van der Waals surface area contributed by atoms with Crippen molar-refractivity contribution < 1.29 is 4.79 Å². The lowest BCUT2D eigenvalue weighted by Crippen LogP contribution is -2.01. The fraction of sp³-hybridized carbons (Fsp3) is 0.125. The average molecular weight is 133 g/mol. The number of nitrogens with zero attached hydrogens (tertiary/aromatic N) is 1. The molecule has 0 unspecified atom stereocenters. The highest BCUT2D eigenvalue weighted by Gasteiger charge is 2.05. The van der Waals surface area contributed by atoms with Gasteiger partial charge in [0.1, 0.15) is 0 Å². The van der Waals surface area contributed by atoms with Crippen molar-refractivity contribution in [2.24, 2.45) is 0 Å². The van der Waals surface area contributed by atoms with E-state index in [-0.39, 0.29) is 5.91 Å². The van der Waals surface area contributed by atoms with E-state index in [0.717, 1.165) is 11.0 Å². The molecule has 0 aromatic carbocycles. The molecule has 2 heterocycles. The molecule has 0 saturated carbocycles. The highest BCUT2D eigenvalue weighted by molar-refractivity contribution is 5.90. The second kappa shape index (κ2) is 1.59. The zero-order valence-corrected chi connectivity index (χ0v) is 5.66. The summed E-state index contributed by atoms with van der Waals surface area (Å²) in [6.45, 7) is 1.57. The van der Waals surface area contributed by atoms with Gasteiger partial charge in [-0.05, 0) is 24.3 Å². The van der Waals surface area contributed by atoms with E-state index in [9.17, 15) is 4.79 Å². The molecule has 0 saturated heterocycles. The predicted molar refractivity (Wildman–Crippen MR) is 39.4 cm³/mol. The number of aromatic nitrogens is 1. The van der Waals surface area contributed by atoms with Gasteiger partial charge in [0.2, 0.25) is 5.91 Å². The van der Waals surface area contributed by atoms with E-state index in [2.05, 4.69) is 0 Å². The molecule has 0 aliphatic heterocycles. The van der Waals surface area contributed by atoms with Crippen LogP contribution in [0.5, 0.6) is 0 Å². The van der Waals surface area contributed by atoms with Crippen LogP contribution in [0.3, 0.4) is 0 Å². The van der Waals surface area contributed by atoms with Crippen molar-refractivity contribution in [2.75, 3.05) is 0 Å². The van der Waals surface area contributed by atoms with Gasteiger partial charge in [-0.1, -0.05) is 0 Å². The molecule has 2 heteroatoms. The minimum atomic E-state index is 0.0833. The summed E-state index contributed by atoms with van der Waals surface area (Å²) in [5.41, 5.74) is 1.98. The van der Waals surface area contributed by atoms with E-state index in [1.807, 2.05) is 24.3 Å². The highest BCUT2D eigenvalue weighted by atomic mass is 16.1. The van der Waals surface area contributed by atoms with Gasteiger partial charge in [0.15, 0.2) is 0 Å². The van der Waals surface area contributed by atoms with Gasteiger partial charge in [0.05, 0.1) is 0 Å². The van der Waals surface area contributed by atoms with Gasteiger partial charge >= 0.3 is 0 Å². The molecule has 0 N–H and O–H groups in total. The van der Waals surface area contributed by atoms with Crippen LogP contribution in [0, 0.1) is 0 Å². The third kappa shape index (κ3) is 0.506. The van der Waals surface area contributed by atoms with Crippen molar-refractivity contribution in [1.29, 1.82) is 0 Å². The van der Waals surface area contributed by atoms with Crippen LogP contribution >= 0.6 is 0 Å². The van der Waals surface area contributed by atoms with Gasteiger partial charge in [0, 0.05) is 18.0 Å². The topological polar surface area (TPSA) is 22.0 Å². The zero-order chi connectivity index (χ0) is 7.14. The summed E-state index contributed by atoms with van der Waals surface area (Å²) >= 11 is 0. The summed E-state index contributed by atoms with van der Waals surface area (Å²) in [6.07, 6.45) is 0. The van der Waals surface area contributed by atoms with E-state index in [1.165, 1.54) is 0 Å². The Morgan fingerprint density at radius 1 is 1.20 bits per heavy atom. The Balaban J connectivity index is 2.82. The summed E-state index contributed by atoms with van der Waals surface area (Å²) in [7, 11) is 0. The molecule has 0 aliphatic carbocycles. The van der Waals surface area contributed by atoms with Crippen LogP contribution in [0.1, 0.15) is 11.7 Å². The molecule has 0 radical (unpaired) electrons. The first kappa shape index (κ1) is 5.47. The summed E-state index contributed by atoms with van der Waals surface area (Å²) in [5, 5.41) is 0. The molecule has 10 heavy (non-hydrogen) atoms. The van der Waals surface area contributed by atoms with E-state index in [0.29, 0.717) is 0 Å². The molecule has 0 fully saturated rings. The van der Waals surface area contributed by atoms with Gasteiger partial charge < -0.3 is 0 Å². The molecule has 0 atom stereocenters. The van der Waals surface area contributed by atoms with E-state index in [4.69, 9.17) is 0 Å². The van der Waals surface area contributed by atoms with Crippen LogP contribution in [0.2, 0.25) is 0 Å². The molecule has 2 aromatic rings. The van der Waals surface area contributed by atoms with Gasteiger partial charge in [0.25, 0.3) is 0 Å². The van der Waals surface area contributed by atoms with E-state index in [1.54, 1.807) is 11.5 Å². The summed E-state index contributed by atoms with van der Waals surface area (Å²) in [4.78, 5) is 10.9. The van der Waals surface area contributed by atoms with Crippen LogP contribution in [0.4, 0.5) is 0 Å². The molecular weight excluding hydrogens is 126 g/mol. The first-order valence-electron chi connectivity index (χ1n) is 3.20. The van der Waals surface area contributed by atoms with Crippen molar-refractivity contribution in [3.8, 4) is 0 Å². The minimum Gasteiger partial charge on any atom is -0.281 e. The molecule has 50 valence electrons. The second-order valence-electron chi connectivity index (χ2n) is 2.37. The van der Waals surface area contributed by atoms with Crippen LogP contribution in [0.15, 0.2) is 24.3 Å². The van der Waals surface area contributed by atoms with Crippen LogP contribution in [-0.4, -0.2) is 10.5 Å². The summed E-state index contributed by atoms with van der Waals surface area (Å²) in [6, 6.07) is 7.76. The van der Waals surface area contributed by atoms with Gasteiger partial charge in [-0.2, -0.15) is 0 Å². The first-order chi connectivity index (χ1) is 4.79. The fourth-order valence-corrected chi connectivity index (χ4v) is 1.26. The fourth-order valence-electron chi connectivity index (χ4n) is 1.26. The Labute approximate surface area is 58.4 Å². The third-order valence-electron chi connectivity index (χ3n) is 1.68. The number of carbonyl (C=O) groups excluding carboxylic acids is 1. The zero-order valence-electron chi connectivity index (χ0n) is 5.66. The lowest BCUT2D eigenvalue weighted by molar-refractivity contribution is 0.0946. The Morgan fingerprint density at radius 2 is 1.60 bits per heavy atom. The largest absolute Gasteiger partial charge is 0.281 e. The molecule has 2 bridgehead atoms. The summed E-state index contributed by atoms with van der Waals surface area (Å²) < 4.78 is 1.69. The van der Waals surface area contributed by atoms with Gasteiger partial charge in [-0.15, -0.1) is 0 Å². The SMILES string of the molecule is CC(=O)n1c2ccc1cc2. The van der Waals surface area contributed by atoms with Gasteiger partial charge in [-0.25, -0.2) is 0 Å². The smallest absolute Gasteiger partial charge is 0.228 e. The van der Waals surface area contributed by atoms with Crippen molar-refractivity contribution in [3.05, 3.63) is 24.3 Å². The molecular formula is C8H7NO. The van der Waals surface area contributed by atoms with Crippen LogP contribution < -0.4 is 0 Å². The maximum atomic E-state index is 10.9. The van der Waals surface area contributed by atoms with Gasteiger partial charge in [-0.3, -0.25) is 9.36 Å². The first-order valence-corrected chi connectivity index (χ1v) is 3.20. The Kier molecular flexibility index (Phi) is 0.873. The van der Waals surface area contributed by atoms with Crippen molar-refractivity contribution >= 4 is 16.9 Å². The molecule has 0 amide bonds. The lowest BCUT2D eigenvalue weighted by Gasteiger charge is -1.93. The quantitative estimate of drug-likeness (QED) is 0.536. The number of fused-ring (bicyclic) bond motifs is 2. The van der Waals surface area contributed by atoms with Crippen molar-refractivity contribution in [2.45, 2.75) is 6.92 Å².